The van der Waals surface area contributed by atoms with E-state index in [2.05, 4.69) is 20.6 Å². The summed E-state index contributed by atoms with van der Waals surface area (Å²) in [6.07, 6.45) is 2.60. The summed E-state index contributed by atoms with van der Waals surface area (Å²) in [4.78, 5) is 32.0. The summed E-state index contributed by atoms with van der Waals surface area (Å²) in [5, 5.41) is 7.11. The standard InChI is InChI=1S/C13H18N6O2S2/c1-6(20)16-4-3-5-17-11-7-8(14)9(10(15)21)23-12(7)19-13(18-11)22-2/h3-5,14H2,1-2H3,(H2,15,21)(H,16,20)(H,17,18,19). The van der Waals surface area contributed by atoms with Gasteiger partial charge in [-0.2, -0.15) is 0 Å². The van der Waals surface area contributed by atoms with Gasteiger partial charge >= 0.3 is 0 Å². The van der Waals surface area contributed by atoms with Crippen molar-refractivity contribution in [1.82, 2.24) is 15.3 Å². The van der Waals surface area contributed by atoms with Gasteiger partial charge in [0.25, 0.3) is 5.91 Å². The minimum Gasteiger partial charge on any atom is -0.397 e. The molecule has 2 aromatic rings. The predicted molar refractivity (Wildman–Crippen MR) is 93.9 cm³/mol. The molecule has 0 aliphatic rings. The molecule has 0 fully saturated rings. The number of hydrogen-bond donors (Lipinski definition) is 4. The highest BCUT2D eigenvalue weighted by Crippen LogP contribution is 2.37. The Morgan fingerprint density at radius 1 is 1.30 bits per heavy atom. The molecule has 0 atom stereocenters. The second kappa shape index (κ2) is 7.47. The molecule has 2 aromatic heterocycles. The fourth-order valence-electron chi connectivity index (χ4n) is 1.96. The Bertz CT molecular complexity index is 746. The second-order valence-electron chi connectivity index (χ2n) is 4.71. The molecule has 0 spiro atoms. The van der Waals surface area contributed by atoms with Crippen LogP contribution in [0, 0.1) is 0 Å². The summed E-state index contributed by atoms with van der Waals surface area (Å²) >= 11 is 2.56. The number of primary amides is 1. The van der Waals surface area contributed by atoms with Gasteiger partial charge < -0.3 is 22.1 Å². The topological polar surface area (TPSA) is 136 Å². The third-order valence-corrected chi connectivity index (χ3v) is 4.66. The number of thioether (sulfide) groups is 1. The highest BCUT2D eigenvalue weighted by Gasteiger charge is 2.19. The number of hydrogen-bond acceptors (Lipinski definition) is 8. The van der Waals surface area contributed by atoms with Gasteiger partial charge in [0.1, 0.15) is 15.5 Å². The first kappa shape index (κ1) is 17.3. The van der Waals surface area contributed by atoms with Crippen molar-refractivity contribution in [2.75, 3.05) is 30.4 Å². The van der Waals surface area contributed by atoms with E-state index in [1.807, 2.05) is 6.26 Å². The Balaban J connectivity index is 2.26. The average molecular weight is 354 g/mol. The Labute approximate surface area is 141 Å². The van der Waals surface area contributed by atoms with E-state index in [0.717, 1.165) is 17.8 Å². The summed E-state index contributed by atoms with van der Waals surface area (Å²) < 4.78 is 0. The number of nitrogen functional groups attached to an aromatic ring is 1. The minimum absolute atomic E-state index is 0.0627. The SMILES string of the molecule is CSc1nc(NCCCNC(C)=O)c2c(N)c(C(N)=O)sc2n1. The Kier molecular flexibility index (Phi) is 5.61. The van der Waals surface area contributed by atoms with Crippen molar-refractivity contribution in [3.05, 3.63) is 4.88 Å². The maximum Gasteiger partial charge on any atom is 0.260 e. The summed E-state index contributed by atoms with van der Waals surface area (Å²) in [6, 6.07) is 0. The zero-order chi connectivity index (χ0) is 17.0. The van der Waals surface area contributed by atoms with Gasteiger partial charge in [-0.15, -0.1) is 11.3 Å². The quantitative estimate of drug-likeness (QED) is 0.331. The molecule has 124 valence electrons. The van der Waals surface area contributed by atoms with E-state index in [-0.39, 0.29) is 10.8 Å². The number of rotatable bonds is 7. The fourth-order valence-corrected chi connectivity index (χ4v) is 3.33. The Hall–Kier alpha value is -2.07. The Morgan fingerprint density at radius 2 is 2.04 bits per heavy atom. The van der Waals surface area contributed by atoms with Crippen LogP contribution in [-0.2, 0) is 4.79 Å². The van der Waals surface area contributed by atoms with E-state index in [9.17, 15) is 9.59 Å². The highest BCUT2D eigenvalue weighted by molar-refractivity contribution is 7.98. The number of carbonyl (C=O) groups excluding carboxylic acids is 2. The van der Waals surface area contributed by atoms with Crippen LogP contribution < -0.4 is 22.1 Å². The van der Waals surface area contributed by atoms with Gasteiger partial charge in [0.15, 0.2) is 5.16 Å². The molecule has 0 saturated carbocycles. The number of anilines is 2. The first-order valence-corrected chi connectivity index (χ1v) is 8.90. The lowest BCUT2D eigenvalue weighted by Gasteiger charge is -2.09. The Morgan fingerprint density at radius 3 is 2.65 bits per heavy atom. The zero-order valence-corrected chi connectivity index (χ0v) is 14.4. The molecule has 10 heteroatoms. The molecule has 8 nitrogen and oxygen atoms in total. The molecule has 23 heavy (non-hydrogen) atoms. The minimum atomic E-state index is -0.576. The number of nitrogens with two attached hydrogens (primary N) is 2. The number of fused-ring (bicyclic) bond motifs is 1. The van der Waals surface area contributed by atoms with E-state index in [0.29, 0.717) is 40.0 Å². The van der Waals surface area contributed by atoms with Crippen molar-refractivity contribution < 1.29 is 9.59 Å². The number of nitrogens with one attached hydrogen (secondary N) is 2. The van der Waals surface area contributed by atoms with Crippen LogP contribution in [0.4, 0.5) is 11.5 Å². The van der Waals surface area contributed by atoms with Crippen molar-refractivity contribution in [1.29, 1.82) is 0 Å². The third kappa shape index (κ3) is 4.02. The number of carbonyl (C=O) groups is 2. The van der Waals surface area contributed by atoms with E-state index >= 15 is 0 Å². The van der Waals surface area contributed by atoms with Crippen LogP contribution in [0.15, 0.2) is 5.16 Å². The zero-order valence-electron chi connectivity index (χ0n) is 12.8. The molecule has 0 saturated heterocycles. The molecule has 2 amide bonds. The summed E-state index contributed by atoms with van der Waals surface area (Å²) in [5.41, 5.74) is 11.7. The van der Waals surface area contributed by atoms with Crippen LogP contribution in [0.25, 0.3) is 10.2 Å². The van der Waals surface area contributed by atoms with Gasteiger partial charge in [-0.05, 0) is 12.7 Å². The smallest absolute Gasteiger partial charge is 0.260 e. The molecule has 0 aliphatic carbocycles. The van der Waals surface area contributed by atoms with Crippen LogP contribution in [-0.4, -0.2) is 41.1 Å². The molecule has 0 radical (unpaired) electrons. The monoisotopic (exact) mass is 354 g/mol. The average Bonchev–Trinajstić information content (AvgIpc) is 2.83. The maximum absolute atomic E-state index is 11.5. The predicted octanol–water partition coefficient (Wildman–Crippen LogP) is 1.03. The van der Waals surface area contributed by atoms with E-state index in [1.54, 1.807) is 0 Å². The van der Waals surface area contributed by atoms with Gasteiger partial charge in [0.05, 0.1) is 11.1 Å². The molecular formula is C13H18N6O2S2. The first-order chi connectivity index (χ1) is 10.9. The third-order valence-electron chi connectivity index (χ3n) is 2.99. The molecule has 2 rings (SSSR count). The van der Waals surface area contributed by atoms with Crippen LogP contribution in [0.5, 0.6) is 0 Å². The number of amides is 2. The second-order valence-corrected chi connectivity index (χ2v) is 6.48. The van der Waals surface area contributed by atoms with Gasteiger partial charge in [0.2, 0.25) is 5.91 Å². The number of thiophene rings is 1. The molecule has 0 unspecified atom stereocenters. The van der Waals surface area contributed by atoms with Crippen LogP contribution in [0.2, 0.25) is 0 Å². The lowest BCUT2D eigenvalue weighted by Crippen LogP contribution is -2.22. The summed E-state index contributed by atoms with van der Waals surface area (Å²) in [7, 11) is 0. The fraction of sp³-hybridized carbons (Fsp3) is 0.385. The van der Waals surface area contributed by atoms with Crippen molar-refractivity contribution in [3.8, 4) is 0 Å². The molecule has 6 N–H and O–H groups in total. The van der Waals surface area contributed by atoms with Gasteiger partial charge in [-0.25, -0.2) is 9.97 Å². The van der Waals surface area contributed by atoms with E-state index in [1.165, 1.54) is 18.7 Å². The van der Waals surface area contributed by atoms with Gasteiger partial charge in [0, 0.05) is 20.0 Å². The van der Waals surface area contributed by atoms with Gasteiger partial charge in [-0.1, -0.05) is 11.8 Å². The van der Waals surface area contributed by atoms with E-state index < -0.39 is 5.91 Å². The maximum atomic E-state index is 11.5. The van der Waals surface area contributed by atoms with Crippen molar-refractivity contribution in [2.45, 2.75) is 18.5 Å². The van der Waals surface area contributed by atoms with E-state index in [4.69, 9.17) is 11.5 Å². The molecule has 0 bridgehead atoms. The summed E-state index contributed by atoms with van der Waals surface area (Å²) in [6.45, 7) is 2.64. The highest BCUT2D eigenvalue weighted by atomic mass is 32.2. The molecular weight excluding hydrogens is 336 g/mol. The van der Waals surface area contributed by atoms with Gasteiger partial charge in [-0.3, -0.25) is 9.59 Å². The first-order valence-electron chi connectivity index (χ1n) is 6.86. The summed E-state index contributed by atoms with van der Waals surface area (Å²) in [5.74, 6) is -0.0662. The van der Waals surface area contributed by atoms with Crippen molar-refractivity contribution in [3.63, 3.8) is 0 Å². The number of nitrogens with zero attached hydrogens (tertiary/aromatic N) is 2. The molecule has 2 heterocycles. The van der Waals surface area contributed by atoms with Crippen molar-refractivity contribution in [2.24, 2.45) is 5.73 Å². The van der Waals surface area contributed by atoms with Crippen LogP contribution in [0.1, 0.15) is 23.0 Å². The largest absolute Gasteiger partial charge is 0.397 e. The van der Waals surface area contributed by atoms with Crippen LogP contribution >= 0.6 is 23.1 Å². The lowest BCUT2D eigenvalue weighted by atomic mass is 10.2. The van der Waals surface area contributed by atoms with Crippen molar-refractivity contribution >= 4 is 56.6 Å². The van der Waals surface area contributed by atoms with Crippen LogP contribution in [0.3, 0.4) is 0 Å². The normalized spacial score (nSPS) is 10.7. The molecule has 0 aliphatic heterocycles. The molecule has 0 aromatic carbocycles. The number of aromatic nitrogens is 2. The lowest BCUT2D eigenvalue weighted by molar-refractivity contribution is -0.118.